The molecule has 1 saturated carbocycles. The Morgan fingerprint density at radius 1 is 1.33 bits per heavy atom. The Kier molecular flexibility index (Phi) is 1.20. The maximum absolute atomic E-state index is 5.33. The zero-order valence-electron chi connectivity index (χ0n) is 6.81. The Balaban J connectivity index is 2.03. The van der Waals surface area contributed by atoms with E-state index in [9.17, 15) is 0 Å². The van der Waals surface area contributed by atoms with Crippen LogP contribution in [0.15, 0.2) is 29.5 Å². The largest absolute Gasteiger partial charge is 0.388 e. The average molecular weight is 161 g/mol. The van der Waals surface area contributed by atoms with E-state index in [0.29, 0.717) is 11.8 Å². The third-order valence-corrected chi connectivity index (χ3v) is 3.00. The standard InChI is InChI=1S/C10H11NO/c1-2-4-9-10-7(3-1)5-6-8(10)11-12-9/h1-4,7,9-10H,5-6H2. The highest BCUT2D eigenvalue weighted by atomic mass is 16.6. The second-order valence-corrected chi connectivity index (χ2v) is 3.65. The van der Waals surface area contributed by atoms with E-state index < -0.39 is 0 Å². The zero-order valence-corrected chi connectivity index (χ0v) is 6.81. The normalized spacial score (nSPS) is 42.0. The van der Waals surface area contributed by atoms with Gasteiger partial charge in [0.15, 0.2) is 6.10 Å². The van der Waals surface area contributed by atoms with Crippen LogP contribution >= 0.6 is 0 Å². The molecule has 3 unspecified atom stereocenters. The highest BCUT2D eigenvalue weighted by molar-refractivity contribution is 5.90. The molecule has 0 radical (unpaired) electrons. The molecule has 1 aliphatic heterocycles. The molecule has 62 valence electrons. The molecule has 3 atom stereocenters. The molecule has 12 heavy (non-hydrogen) atoms. The third-order valence-electron chi connectivity index (χ3n) is 3.00. The van der Waals surface area contributed by atoms with Gasteiger partial charge in [-0.2, -0.15) is 0 Å². The maximum atomic E-state index is 5.33. The van der Waals surface area contributed by atoms with E-state index in [-0.39, 0.29) is 6.10 Å². The maximum Gasteiger partial charge on any atom is 0.154 e. The predicted octanol–water partition coefficient (Wildman–Crippen LogP) is 1.89. The van der Waals surface area contributed by atoms with Crippen LogP contribution in [0.3, 0.4) is 0 Å². The van der Waals surface area contributed by atoms with Crippen LogP contribution in [0.2, 0.25) is 0 Å². The van der Waals surface area contributed by atoms with E-state index in [4.69, 9.17) is 4.84 Å². The van der Waals surface area contributed by atoms with Gasteiger partial charge in [-0.25, -0.2) is 0 Å². The van der Waals surface area contributed by atoms with Gasteiger partial charge in [-0.15, -0.1) is 0 Å². The molecule has 0 N–H and O–H groups in total. The van der Waals surface area contributed by atoms with Crippen molar-refractivity contribution in [3.05, 3.63) is 24.3 Å². The van der Waals surface area contributed by atoms with Gasteiger partial charge in [-0.1, -0.05) is 23.4 Å². The second-order valence-electron chi connectivity index (χ2n) is 3.65. The summed E-state index contributed by atoms with van der Waals surface area (Å²) in [6.45, 7) is 0. The number of allylic oxidation sites excluding steroid dienone is 3. The van der Waals surface area contributed by atoms with Crippen molar-refractivity contribution in [2.75, 3.05) is 0 Å². The van der Waals surface area contributed by atoms with Gasteiger partial charge in [0, 0.05) is 0 Å². The molecule has 3 rings (SSSR count). The van der Waals surface area contributed by atoms with Crippen LogP contribution in [0.25, 0.3) is 0 Å². The van der Waals surface area contributed by atoms with E-state index in [0.717, 1.165) is 6.42 Å². The van der Waals surface area contributed by atoms with Crippen molar-refractivity contribution >= 4 is 5.71 Å². The molecule has 0 spiro atoms. The molecule has 0 bridgehead atoms. The quantitative estimate of drug-likeness (QED) is 0.531. The van der Waals surface area contributed by atoms with E-state index in [1.165, 1.54) is 12.1 Å². The van der Waals surface area contributed by atoms with Crippen LogP contribution in [0.1, 0.15) is 12.8 Å². The first-order chi connectivity index (χ1) is 5.95. The minimum absolute atomic E-state index is 0.225. The Morgan fingerprint density at radius 2 is 2.25 bits per heavy atom. The van der Waals surface area contributed by atoms with Gasteiger partial charge in [-0.05, 0) is 24.8 Å². The lowest BCUT2D eigenvalue weighted by molar-refractivity contribution is 0.0877. The van der Waals surface area contributed by atoms with Crippen molar-refractivity contribution in [2.24, 2.45) is 17.0 Å². The summed E-state index contributed by atoms with van der Waals surface area (Å²) in [5.74, 6) is 1.23. The van der Waals surface area contributed by atoms with E-state index in [1.54, 1.807) is 0 Å². The molecule has 2 nitrogen and oxygen atoms in total. The molecule has 2 heteroatoms. The van der Waals surface area contributed by atoms with Crippen molar-refractivity contribution in [1.82, 2.24) is 0 Å². The fourth-order valence-corrected chi connectivity index (χ4v) is 2.39. The van der Waals surface area contributed by atoms with Crippen LogP contribution < -0.4 is 0 Å². The smallest absolute Gasteiger partial charge is 0.154 e. The molecule has 0 aromatic rings. The minimum Gasteiger partial charge on any atom is -0.388 e. The van der Waals surface area contributed by atoms with E-state index in [1.807, 2.05) is 0 Å². The van der Waals surface area contributed by atoms with E-state index in [2.05, 4.69) is 29.5 Å². The summed E-state index contributed by atoms with van der Waals surface area (Å²) in [4.78, 5) is 5.33. The van der Waals surface area contributed by atoms with Crippen molar-refractivity contribution in [2.45, 2.75) is 18.9 Å². The minimum atomic E-state index is 0.225. The summed E-state index contributed by atoms with van der Waals surface area (Å²) in [7, 11) is 0. The first kappa shape index (κ1) is 6.46. The van der Waals surface area contributed by atoms with Gasteiger partial charge in [0.05, 0.1) is 11.6 Å². The van der Waals surface area contributed by atoms with Crippen molar-refractivity contribution in [3.8, 4) is 0 Å². The Morgan fingerprint density at radius 3 is 3.25 bits per heavy atom. The molecule has 1 fully saturated rings. The van der Waals surface area contributed by atoms with Crippen molar-refractivity contribution in [3.63, 3.8) is 0 Å². The molecule has 0 saturated heterocycles. The molecule has 0 amide bonds. The highest BCUT2D eigenvalue weighted by Crippen LogP contribution is 2.39. The first-order valence-electron chi connectivity index (χ1n) is 4.53. The third kappa shape index (κ3) is 0.724. The molecule has 3 aliphatic rings. The van der Waals surface area contributed by atoms with Crippen LogP contribution in [0, 0.1) is 11.8 Å². The SMILES string of the molecule is C1=CC2CCC3=NOC(C=C1)C32. The summed E-state index contributed by atoms with van der Waals surface area (Å²) < 4.78 is 0. The molecular weight excluding hydrogens is 150 g/mol. The Hall–Kier alpha value is -1.05. The Labute approximate surface area is 71.6 Å². The van der Waals surface area contributed by atoms with E-state index >= 15 is 0 Å². The van der Waals surface area contributed by atoms with Crippen LogP contribution in [0.5, 0.6) is 0 Å². The topological polar surface area (TPSA) is 21.6 Å². The molecule has 1 heterocycles. The van der Waals surface area contributed by atoms with Gasteiger partial charge < -0.3 is 4.84 Å². The number of hydrogen-bond donors (Lipinski definition) is 0. The van der Waals surface area contributed by atoms with Gasteiger partial charge in [0.1, 0.15) is 0 Å². The second kappa shape index (κ2) is 2.22. The van der Waals surface area contributed by atoms with Crippen LogP contribution in [-0.2, 0) is 4.84 Å². The van der Waals surface area contributed by atoms with Gasteiger partial charge >= 0.3 is 0 Å². The summed E-state index contributed by atoms with van der Waals surface area (Å²) in [5.41, 5.74) is 1.28. The van der Waals surface area contributed by atoms with Gasteiger partial charge in [0.2, 0.25) is 0 Å². The molecule has 2 aliphatic carbocycles. The number of rotatable bonds is 0. The lowest BCUT2D eigenvalue weighted by Gasteiger charge is -2.14. The summed E-state index contributed by atoms with van der Waals surface area (Å²) in [5, 5.41) is 4.11. The van der Waals surface area contributed by atoms with Crippen LogP contribution in [-0.4, -0.2) is 11.8 Å². The molecular formula is C10H11NO. The fourth-order valence-electron chi connectivity index (χ4n) is 2.39. The Bertz CT molecular complexity index is 290. The highest BCUT2D eigenvalue weighted by Gasteiger charge is 2.42. The zero-order chi connectivity index (χ0) is 7.97. The summed E-state index contributed by atoms with van der Waals surface area (Å²) in [6, 6.07) is 0. The molecule has 0 aromatic carbocycles. The van der Waals surface area contributed by atoms with Gasteiger partial charge in [0.25, 0.3) is 0 Å². The van der Waals surface area contributed by atoms with Crippen LogP contribution in [0.4, 0.5) is 0 Å². The predicted molar refractivity (Wildman–Crippen MR) is 46.8 cm³/mol. The number of nitrogens with zero attached hydrogens (tertiary/aromatic N) is 1. The van der Waals surface area contributed by atoms with Crippen molar-refractivity contribution in [1.29, 1.82) is 0 Å². The summed E-state index contributed by atoms with van der Waals surface area (Å²) >= 11 is 0. The summed E-state index contributed by atoms with van der Waals surface area (Å²) in [6.07, 6.45) is 11.2. The monoisotopic (exact) mass is 161 g/mol. The lowest BCUT2D eigenvalue weighted by atomic mass is 9.91. The first-order valence-corrected chi connectivity index (χ1v) is 4.53. The van der Waals surface area contributed by atoms with Gasteiger partial charge in [-0.3, -0.25) is 0 Å². The average Bonchev–Trinajstić information content (AvgIpc) is 2.57. The lowest BCUT2D eigenvalue weighted by Crippen LogP contribution is -2.21. The molecule has 0 aromatic heterocycles. The fraction of sp³-hybridized carbons (Fsp3) is 0.500. The number of hydrogen-bond acceptors (Lipinski definition) is 2. The number of oxime groups is 1. The van der Waals surface area contributed by atoms with Crippen molar-refractivity contribution < 1.29 is 4.84 Å².